The summed E-state index contributed by atoms with van der Waals surface area (Å²) < 4.78 is 5.46. The van der Waals surface area contributed by atoms with Crippen molar-refractivity contribution in [2.24, 2.45) is 11.3 Å². The van der Waals surface area contributed by atoms with E-state index in [0.717, 1.165) is 0 Å². The third kappa shape index (κ3) is 1.78. The molecule has 0 bridgehead atoms. The fraction of sp³-hybridized carbons (Fsp3) is 0.857. The van der Waals surface area contributed by atoms with Gasteiger partial charge < -0.3 is 14.7 Å². The molecule has 0 radical (unpaired) electrons. The first-order chi connectivity index (χ1) is 8.54. The fourth-order valence-corrected chi connectivity index (χ4v) is 3.46. The maximum Gasteiger partial charge on any atom is 0.318 e. The molecule has 5 nitrogen and oxygen atoms in total. The predicted molar refractivity (Wildman–Crippen MR) is 69.0 cm³/mol. The van der Waals surface area contributed by atoms with E-state index in [9.17, 15) is 14.7 Å². The summed E-state index contributed by atoms with van der Waals surface area (Å²) in [6.07, 6.45) is 1.25. The van der Waals surface area contributed by atoms with Gasteiger partial charge in [0.05, 0.1) is 0 Å². The number of nitrogens with zero attached hydrogens (tertiary/aromatic N) is 1. The Bertz CT molecular complexity index is 428. The highest BCUT2D eigenvalue weighted by Gasteiger charge is 2.71. The topological polar surface area (TPSA) is 66.8 Å². The number of rotatable bonds is 1. The van der Waals surface area contributed by atoms with E-state index in [2.05, 4.69) is 0 Å². The molecule has 1 amide bonds. The van der Waals surface area contributed by atoms with Gasteiger partial charge in [-0.2, -0.15) is 0 Å². The number of carbonyl (C=O) groups is 2. The maximum atomic E-state index is 12.5. The van der Waals surface area contributed by atoms with Gasteiger partial charge in [-0.3, -0.25) is 9.59 Å². The molecule has 19 heavy (non-hydrogen) atoms. The Morgan fingerprint density at radius 2 is 2.05 bits per heavy atom. The molecule has 0 aromatic heterocycles. The van der Waals surface area contributed by atoms with E-state index in [1.807, 2.05) is 6.92 Å². The zero-order valence-corrected chi connectivity index (χ0v) is 12.3. The van der Waals surface area contributed by atoms with Crippen LogP contribution in [0.2, 0.25) is 0 Å². The zero-order valence-electron chi connectivity index (χ0n) is 12.3. The molecule has 1 heterocycles. The Morgan fingerprint density at radius 3 is 2.58 bits per heavy atom. The fourth-order valence-electron chi connectivity index (χ4n) is 3.46. The van der Waals surface area contributed by atoms with Gasteiger partial charge in [0.2, 0.25) is 5.91 Å². The van der Waals surface area contributed by atoms with Crippen molar-refractivity contribution in [2.45, 2.75) is 58.3 Å². The summed E-state index contributed by atoms with van der Waals surface area (Å²) in [5, 5.41) is 11.0. The lowest BCUT2D eigenvalue weighted by Gasteiger charge is -2.41. The van der Waals surface area contributed by atoms with Gasteiger partial charge in [0.15, 0.2) is 5.72 Å². The number of hydrogen-bond donors (Lipinski definition) is 1. The van der Waals surface area contributed by atoms with Gasteiger partial charge in [-0.15, -0.1) is 0 Å². The molecule has 1 N–H and O–H groups in total. The number of likely N-dealkylation sites (tertiary alicyclic amines) is 1. The molecular formula is C14H23NO4. The zero-order chi connectivity index (χ0) is 14.6. The molecule has 0 aromatic rings. The van der Waals surface area contributed by atoms with E-state index < -0.39 is 22.7 Å². The van der Waals surface area contributed by atoms with Crippen LogP contribution in [0.5, 0.6) is 0 Å². The molecule has 2 fully saturated rings. The first kappa shape index (κ1) is 14.3. The third-order valence-corrected chi connectivity index (χ3v) is 4.52. The molecule has 5 heteroatoms. The van der Waals surface area contributed by atoms with Crippen molar-refractivity contribution in [1.82, 2.24) is 4.90 Å². The summed E-state index contributed by atoms with van der Waals surface area (Å²) in [5.74, 6) is -0.777. The van der Waals surface area contributed by atoms with Crippen LogP contribution in [0.15, 0.2) is 0 Å². The number of aliphatic hydroxyl groups is 1. The van der Waals surface area contributed by atoms with Crippen molar-refractivity contribution in [1.29, 1.82) is 0 Å². The largest absolute Gasteiger partial charge is 0.459 e. The highest BCUT2D eigenvalue weighted by molar-refractivity contribution is 5.92. The summed E-state index contributed by atoms with van der Waals surface area (Å²) in [5.41, 5.74) is -3.14. The average Bonchev–Trinajstić information content (AvgIpc) is 2.62. The number of hydrogen-bond acceptors (Lipinski definition) is 4. The number of ether oxygens (including phenoxy) is 1. The Kier molecular flexibility index (Phi) is 2.97. The van der Waals surface area contributed by atoms with Gasteiger partial charge >= 0.3 is 5.97 Å². The standard InChI is InChI=1S/C14H23NO4/c1-9-6-7-13(11(17)19-12(2,3)4)8-10(16)15(5)14(9,13)18/h9,18H,6-8H2,1-5H3/t9-,13-,14+/m0/s1. The normalized spacial score (nSPS) is 38.5. The molecule has 108 valence electrons. The van der Waals surface area contributed by atoms with Crippen LogP contribution in [0, 0.1) is 11.3 Å². The smallest absolute Gasteiger partial charge is 0.318 e. The summed E-state index contributed by atoms with van der Waals surface area (Å²) in [6, 6.07) is 0. The number of esters is 1. The lowest BCUT2D eigenvalue weighted by atomic mass is 9.77. The summed E-state index contributed by atoms with van der Waals surface area (Å²) in [7, 11) is 1.57. The van der Waals surface area contributed by atoms with E-state index in [1.165, 1.54) is 4.90 Å². The Hall–Kier alpha value is -1.10. The minimum Gasteiger partial charge on any atom is -0.459 e. The molecule has 0 aromatic carbocycles. The molecule has 0 spiro atoms. The van der Waals surface area contributed by atoms with E-state index in [0.29, 0.717) is 12.8 Å². The van der Waals surface area contributed by atoms with Gasteiger partial charge in [-0.05, 0) is 33.6 Å². The monoisotopic (exact) mass is 269 g/mol. The molecule has 1 aliphatic heterocycles. The van der Waals surface area contributed by atoms with Crippen LogP contribution in [0.1, 0.15) is 47.0 Å². The molecule has 2 aliphatic rings. The molecule has 1 aliphatic carbocycles. The number of fused-ring (bicyclic) bond motifs is 1. The molecule has 1 saturated carbocycles. The first-order valence-corrected chi connectivity index (χ1v) is 6.77. The van der Waals surface area contributed by atoms with E-state index >= 15 is 0 Å². The molecule has 0 unspecified atom stereocenters. The molecular weight excluding hydrogens is 246 g/mol. The van der Waals surface area contributed by atoms with E-state index in [-0.39, 0.29) is 18.2 Å². The second-order valence-corrected chi connectivity index (χ2v) is 6.88. The summed E-state index contributed by atoms with van der Waals surface area (Å²) in [4.78, 5) is 25.8. The van der Waals surface area contributed by atoms with Gasteiger partial charge in [0, 0.05) is 19.4 Å². The second kappa shape index (κ2) is 3.95. The lowest BCUT2D eigenvalue weighted by molar-refractivity contribution is -0.198. The lowest BCUT2D eigenvalue weighted by Crippen LogP contribution is -2.57. The van der Waals surface area contributed by atoms with Crippen molar-refractivity contribution < 1.29 is 19.4 Å². The Labute approximate surface area is 113 Å². The van der Waals surface area contributed by atoms with Crippen LogP contribution in [0.25, 0.3) is 0 Å². The van der Waals surface area contributed by atoms with Crippen LogP contribution >= 0.6 is 0 Å². The van der Waals surface area contributed by atoms with Crippen LogP contribution in [-0.2, 0) is 14.3 Å². The Morgan fingerprint density at radius 1 is 1.47 bits per heavy atom. The summed E-state index contributed by atoms with van der Waals surface area (Å²) in [6.45, 7) is 7.25. The van der Waals surface area contributed by atoms with Gasteiger partial charge in [0.25, 0.3) is 0 Å². The maximum absolute atomic E-state index is 12.5. The quantitative estimate of drug-likeness (QED) is 0.729. The third-order valence-electron chi connectivity index (χ3n) is 4.52. The highest BCUT2D eigenvalue weighted by atomic mass is 16.6. The van der Waals surface area contributed by atoms with Crippen LogP contribution in [0.4, 0.5) is 0 Å². The highest BCUT2D eigenvalue weighted by Crippen LogP contribution is 2.58. The van der Waals surface area contributed by atoms with Gasteiger partial charge in [0.1, 0.15) is 11.0 Å². The predicted octanol–water partition coefficient (Wildman–Crippen LogP) is 1.30. The second-order valence-electron chi connectivity index (χ2n) is 6.88. The van der Waals surface area contributed by atoms with Crippen LogP contribution in [-0.4, -0.2) is 40.3 Å². The number of carbonyl (C=O) groups excluding carboxylic acids is 2. The van der Waals surface area contributed by atoms with Crippen LogP contribution < -0.4 is 0 Å². The minimum absolute atomic E-state index is 0.0409. The van der Waals surface area contributed by atoms with Crippen molar-refractivity contribution in [3.8, 4) is 0 Å². The van der Waals surface area contributed by atoms with Crippen LogP contribution in [0.3, 0.4) is 0 Å². The summed E-state index contributed by atoms with van der Waals surface area (Å²) >= 11 is 0. The molecule has 1 saturated heterocycles. The van der Waals surface area contributed by atoms with Crippen molar-refractivity contribution in [3.05, 3.63) is 0 Å². The van der Waals surface area contributed by atoms with Crippen molar-refractivity contribution >= 4 is 11.9 Å². The van der Waals surface area contributed by atoms with Gasteiger partial charge in [-0.25, -0.2) is 0 Å². The Balaban J connectivity index is 2.41. The number of amides is 1. The van der Waals surface area contributed by atoms with Crippen molar-refractivity contribution in [3.63, 3.8) is 0 Å². The molecule has 3 atom stereocenters. The van der Waals surface area contributed by atoms with Crippen molar-refractivity contribution in [2.75, 3.05) is 7.05 Å². The van der Waals surface area contributed by atoms with E-state index in [4.69, 9.17) is 4.74 Å². The SMILES string of the molecule is C[C@H]1CC[C@@]2(C(=O)OC(C)(C)C)CC(=O)N(C)[C@@]12O. The van der Waals surface area contributed by atoms with E-state index in [1.54, 1.807) is 27.8 Å². The van der Waals surface area contributed by atoms with Gasteiger partial charge in [-0.1, -0.05) is 6.92 Å². The average molecular weight is 269 g/mol. The minimum atomic E-state index is -1.41. The first-order valence-electron chi connectivity index (χ1n) is 6.77. The molecule has 2 rings (SSSR count).